The van der Waals surface area contributed by atoms with Gasteiger partial charge in [0.15, 0.2) is 0 Å². The van der Waals surface area contributed by atoms with Crippen molar-refractivity contribution in [3.05, 3.63) is 58.9 Å². The molecule has 32 heavy (non-hydrogen) atoms. The number of nitrogens with one attached hydrogen (secondary N) is 1. The molecule has 174 valence electrons. The molecule has 1 fully saturated rings. The molecular formula is C21H23ClF3N3O3S. The molecule has 3 rings (SSSR count). The van der Waals surface area contributed by atoms with Crippen LogP contribution in [0.25, 0.3) is 0 Å². The number of benzene rings is 2. The van der Waals surface area contributed by atoms with Gasteiger partial charge in [0.1, 0.15) is 5.82 Å². The fourth-order valence-corrected chi connectivity index (χ4v) is 4.93. The second-order valence-corrected chi connectivity index (χ2v) is 9.91. The molecule has 1 amide bonds. The molecule has 0 radical (unpaired) electrons. The number of halogens is 4. The fraction of sp³-hybridized carbons (Fsp3) is 0.381. The number of carbonyl (C=O) groups is 1. The van der Waals surface area contributed by atoms with E-state index in [9.17, 15) is 26.4 Å². The fourth-order valence-electron chi connectivity index (χ4n) is 3.50. The van der Waals surface area contributed by atoms with Crippen LogP contribution in [0.5, 0.6) is 0 Å². The maximum absolute atomic E-state index is 13.2. The van der Waals surface area contributed by atoms with Crippen LogP contribution in [0.3, 0.4) is 0 Å². The first-order valence-electron chi connectivity index (χ1n) is 9.93. The van der Waals surface area contributed by atoms with Crippen molar-refractivity contribution >= 4 is 33.2 Å². The van der Waals surface area contributed by atoms with Crippen LogP contribution in [0, 0.1) is 5.82 Å². The summed E-state index contributed by atoms with van der Waals surface area (Å²) >= 11 is 6.15. The highest BCUT2D eigenvalue weighted by Gasteiger charge is 2.26. The number of amides is 1. The van der Waals surface area contributed by atoms with Gasteiger partial charge < -0.3 is 5.32 Å². The van der Waals surface area contributed by atoms with E-state index in [2.05, 4.69) is 5.32 Å². The van der Waals surface area contributed by atoms with E-state index >= 15 is 0 Å². The van der Waals surface area contributed by atoms with Crippen LogP contribution < -0.4 is 9.62 Å². The minimum absolute atomic E-state index is 0.00439. The van der Waals surface area contributed by atoms with Gasteiger partial charge in [0.2, 0.25) is 0 Å². The van der Waals surface area contributed by atoms with Gasteiger partial charge in [0.25, 0.3) is 22.4 Å². The number of anilines is 1. The summed E-state index contributed by atoms with van der Waals surface area (Å²) in [5, 5.41) is 2.89. The third kappa shape index (κ3) is 5.73. The third-order valence-electron chi connectivity index (χ3n) is 5.35. The second kappa shape index (κ2) is 10.1. The molecule has 0 aliphatic carbocycles. The average Bonchev–Trinajstić information content (AvgIpc) is 2.75. The molecule has 1 aliphatic rings. The number of hydrogen-bond acceptors (Lipinski definition) is 4. The average molecular weight is 490 g/mol. The quantitative estimate of drug-likeness (QED) is 0.643. The standard InChI is InChI=1S/C21H23ClF3N3O3S/c1-27(16-4-2-14(23)3-5-16)32(30,31)17-6-7-19(22)18(12-17)21(29)26-15-8-10-28(11-9-15)13-20(24)25/h2-7,12,15,20H,8-11,13H2,1H3,(H,26,29). The lowest BCUT2D eigenvalue weighted by Crippen LogP contribution is -2.45. The Labute approximate surface area is 190 Å². The Morgan fingerprint density at radius 2 is 1.81 bits per heavy atom. The summed E-state index contributed by atoms with van der Waals surface area (Å²) in [6.07, 6.45) is -1.40. The van der Waals surface area contributed by atoms with Gasteiger partial charge in [-0.2, -0.15) is 0 Å². The van der Waals surface area contributed by atoms with Gasteiger partial charge in [0, 0.05) is 26.2 Å². The molecule has 1 saturated heterocycles. The topological polar surface area (TPSA) is 69.7 Å². The number of rotatable bonds is 7. The van der Waals surface area contributed by atoms with Crippen molar-refractivity contribution in [1.82, 2.24) is 10.2 Å². The molecular weight excluding hydrogens is 467 g/mol. The van der Waals surface area contributed by atoms with Crippen molar-refractivity contribution in [2.75, 3.05) is 31.0 Å². The largest absolute Gasteiger partial charge is 0.349 e. The van der Waals surface area contributed by atoms with Gasteiger partial charge in [-0.3, -0.25) is 14.0 Å². The number of sulfonamides is 1. The molecule has 0 atom stereocenters. The van der Waals surface area contributed by atoms with E-state index < -0.39 is 28.2 Å². The van der Waals surface area contributed by atoms with E-state index in [4.69, 9.17) is 11.6 Å². The van der Waals surface area contributed by atoms with Crippen LogP contribution in [-0.2, 0) is 10.0 Å². The van der Waals surface area contributed by atoms with E-state index in [0.29, 0.717) is 25.9 Å². The Bertz CT molecular complexity index is 1060. The van der Waals surface area contributed by atoms with Crippen LogP contribution in [0.15, 0.2) is 47.4 Å². The predicted octanol–water partition coefficient (Wildman–Crippen LogP) is 3.76. The summed E-state index contributed by atoms with van der Waals surface area (Å²) in [4.78, 5) is 14.3. The first kappa shape index (κ1) is 24.3. The van der Waals surface area contributed by atoms with Crippen LogP contribution >= 0.6 is 11.6 Å². The lowest BCUT2D eigenvalue weighted by molar-refractivity contribution is 0.0696. The molecule has 2 aromatic rings. The number of nitrogens with zero attached hydrogens (tertiary/aromatic N) is 2. The molecule has 6 nitrogen and oxygen atoms in total. The Morgan fingerprint density at radius 3 is 2.41 bits per heavy atom. The first-order valence-corrected chi connectivity index (χ1v) is 11.7. The predicted molar refractivity (Wildman–Crippen MR) is 116 cm³/mol. The van der Waals surface area contributed by atoms with Gasteiger partial charge in [-0.15, -0.1) is 0 Å². The Balaban J connectivity index is 1.74. The monoisotopic (exact) mass is 489 g/mol. The molecule has 0 bridgehead atoms. The van der Waals surface area contributed by atoms with Crippen LogP contribution in [0.2, 0.25) is 5.02 Å². The maximum Gasteiger partial charge on any atom is 0.264 e. The summed E-state index contributed by atoms with van der Waals surface area (Å²) in [6.45, 7) is 0.563. The zero-order valence-corrected chi connectivity index (χ0v) is 18.8. The molecule has 1 aliphatic heterocycles. The van der Waals surface area contributed by atoms with Crippen molar-refractivity contribution in [3.8, 4) is 0 Å². The third-order valence-corrected chi connectivity index (χ3v) is 7.46. The highest BCUT2D eigenvalue weighted by molar-refractivity contribution is 7.92. The zero-order chi connectivity index (χ0) is 23.5. The van der Waals surface area contributed by atoms with E-state index in [1.54, 1.807) is 4.90 Å². The van der Waals surface area contributed by atoms with E-state index in [1.807, 2.05) is 0 Å². The summed E-state index contributed by atoms with van der Waals surface area (Å²) in [5.41, 5.74) is 0.248. The Hall–Kier alpha value is -2.30. The highest BCUT2D eigenvalue weighted by atomic mass is 35.5. The SMILES string of the molecule is CN(c1ccc(F)cc1)S(=O)(=O)c1ccc(Cl)c(C(=O)NC2CCN(CC(F)F)CC2)c1. The maximum atomic E-state index is 13.2. The molecule has 0 spiro atoms. The number of carbonyl (C=O) groups excluding carboxylic acids is 1. The normalized spacial score (nSPS) is 15.7. The van der Waals surface area contributed by atoms with Crippen LogP contribution in [-0.4, -0.2) is 58.4 Å². The minimum atomic E-state index is -4.04. The summed E-state index contributed by atoms with van der Waals surface area (Å²) in [6, 6.07) is 8.54. The van der Waals surface area contributed by atoms with Gasteiger partial charge in [-0.05, 0) is 55.3 Å². The van der Waals surface area contributed by atoms with Gasteiger partial charge in [-0.25, -0.2) is 21.6 Å². The lowest BCUT2D eigenvalue weighted by atomic mass is 10.0. The summed E-state index contributed by atoms with van der Waals surface area (Å²) < 4.78 is 65.2. The highest BCUT2D eigenvalue weighted by Crippen LogP contribution is 2.26. The Kier molecular flexibility index (Phi) is 7.68. The van der Waals surface area contributed by atoms with Crippen LogP contribution in [0.4, 0.5) is 18.9 Å². The minimum Gasteiger partial charge on any atom is -0.349 e. The molecule has 11 heteroatoms. The van der Waals surface area contributed by atoms with Gasteiger partial charge >= 0.3 is 0 Å². The Morgan fingerprint density at radius 1 is 1.19 bits per heavy atom. The van der Waals surface area contributed by atoms with Gasteiger partial charge in [0.05, 0.1) is 27.7 Å². The molecule has 0 unspecified atom stereocenters. The second-order valence-electron chi connectivity index (χ2n) is 7.53. The van der Waals surface area contributed by atoms with Crippen LogP contribution in [0.1, 0.15) is 23.2 Å². The molecule has 2 aromatic carbocycles. The van der Waals surface area contributed by atoms with Gasteiger partial charge in [-0.1, -0.05) is 11.6 Å². The van der Waals surface area contributed by atoms with E-state index in [0.717, 1.165) is 16.4 Å². The van der Waals surface area contributed by atoms with Crippen molar-refractivity contribution in [2.24, 2.45) is 0 Å². The number of alkyl halides is 2. The summed E-state index contributed by atoms with van der Waals surface area (Å²) in [7, 11) is -2.71. The van der Waals surface area contributed by atoms with Crippen molar-refractivity contribution in [3.63, 3.8) is 0 Å². The molecule has 1 heterocycles. The van der Waals surface area contributed by atoms with Crippen molar-refractivity contribution < 1.29 is 26.4 Å². The van der Waals surface area contributed by atoms with E-state index in [1.165, 1.54) is 37.4 Å². The van der Waals surface area contributed by atoms with E-state index in [-0.39, 0.29) is 33.8 Å². The number of piperidine rings is 1. The number of hydrogen-bond donors (Lipinski definition) is 1. The molecule has 1 N–H and O–H groups in total. The first-order chi connectivity index (χ1) is 15.1. The summed E-state index contributed by atoms with van der Waals surface area (Å²) in [5.74, 6) is -1.03. The smallest absolute Gasteiger partial charge is 0.264 e. The van der Waals surface area contributed by atoms with Crippen molar-refractivity contribution in [2.45, 2.75) is 30.2 Å². The molecule has 0 saturated carbocycles. The molecule has 0 aromatic heterocycles. The number of likely N-dealkylation sites (tertiary alicyclic amines) is 1. The zero-order valence-electron chi connectivity index (χ0n) is 17.3. The lowest BCUT2D eigenvalue weighted by Gasteiger charge is -2.32. The van der Waals surface area contributed by atoms with Crippen molar-refractivity contribution in [1.29, 1.82) is 0 Å².